The van der Waals surface area contributed by atoms with Gasteiger partial charge in [-0.15, -0.1) is 12.4 Å². The molecule has 2 aromatic rings. The van der Waals surface area contributed by atoms with E-state index in [2.05, 4.69) is 0 Å². The van der Waals surface area contributed by atoms with Gasteiger partial charge in [0.1, 0.15) is 5.75 Å². The van der Waals surface area contributed by atoms with E-state index < -0.39 is 10.0 Å². The summed E-state index contributed by atoms with van der Waals surface area (Å²) in [6.07, 6.45) is 0.612. The maximum absolute atomic E-state index is 13.1. The highest BCUT2D eigenvalue weighted by Crippen LogP contribution is 2.25. The zero-order valence-electron chi connectivity index (χ0n) is 14.5. The van der Waals surface area contributed by atoms with Crippen molar-refractivity contribution < 1.29 is 13.2 Å². The van der Waals surface area contributed by atoms with Crippen molar-refractivity contribution in [3.05, 3.63) is 59.7 Å². The van der Waals surface area contributed by atoms with E-state index in [0.717, 1.165) is 5.56 Å². The monoisotopic (exact) mass is 384 g/mol. The van der Waals surface area contributed by atoms with E-state index in [9.17, 15) is 8.42 Å². The van der Waals surface area contributed by atoms with Gasteiger partial charge in [0.15, 0.2) is 0 Å². The van der Waals surface area contributed by atoms with Gasteiger partial charge in [0.2, 0.25) is 10.0 Å². The van der Waals surface area contributed by atoms with Crippen LogP contribution in [0.4, 0.5) is 0 Å². The zero-order chi connectivity index (χ0) is 17.6. The van der Waals surface area contributed by atoms with Crippen LogP contribution in [0.25, 0.3) is 0 Å². The van der Waals surface area contributed by atoms with Gasteiger partial charge < -0.3 is 10.5 Å². The largest absolute Gasteiger partial charge is 0.497 e. The summed E-state index contributed by atoms with van der Waals surface area (Å²) in [6.45, 7) is 2.94. The number of hydrogen-bond donors (Lipinski definition) is 1. The third-order valence-electron chi connectivity index (χ3n) is 3.81. The first-order valence-corrected chi connectivity index (χ1v) is 9.32. The lowest BCUT2D eigenvalue weighted by molar-refractivity contribution is 0.400. The minimum atomic E-state index is -3.60. The number of hydrogen-bond acceptors (Lipinski definition) is 4. The maximum atomic E-state index is 13.1. The first-order chi connectivity index (χ1) is 11.5. The Labute approximate surface area is 156 Å². The Balaban J connectivity index is 0.00000312. The fourth-order valence-corrected chi connectivity index (χ4v) is 4.19. The number of nitrogens with two attached hydrogens (primary N) is 1. The number of sulfonamides is 1. The molecule has 0 radical (unpaired) electrons. The van der Waals surface area contributed by atoms with Crippen molar-refractivity contribution in [1.29, 1.82) is 0 Å². The first-order valence-electron chi connectivity index (χ1n) is 7.88. The molecule has 0 aromatic heterocycles. The predicted molar refractivity (Wildman–Crippen MR) is 103 cm³/mol. The highest BCUT2D eigenvalue weighted by Gasteiger charge is 2.26. The highest BCUT2D eigenvalue weighted by atomic mass is 35.5. The van der Waals surface area contributed by atoms with Crippen LogP contribution in [0.1, 0.15) is 17.5 Å². The number of ether oxygens (including phenoxy) is 1. The van der Waals surface area contributed by atoms with Gasteiger partial charge in [-0.25, -0.2) is 8.42 Å². The quantitative estimate of drug-likeness (QED) is 0.759. The normalized spacial score (nSPS) is 11.2. The Bertz CT molecular complexity index is 767. The fraction of sp³-hybridized carbons (Fsp3) is 0.333. The standard InChI is InChI=1S/C18H24N2O3S.ClH/c1-15-13-17(23-2)9-10-18(15)24(21,22)20(12-6-11-19)14-16-7-4-3-5-8-16;/h3-5,7-10,13H,6,11-12,14,19H2,1-2H3;1H. The molecule has 0 heterocycles. The summed E-state index contributed by atoms with van der Waals surface area (Å²) >= 11 is 0. The minimum absolute atomic E-state index is 0. The van der Waals surface area contributed by atoms with Crippen LogP contribution in [-0.4, -0.2) is 32.9 Å². The molecule has 25 heavy (non-hydrogen) atoms. The van der Waals surface area contributed by atoms with Gasteiger partial charge in [-0.05, 0) is 49.2 Å². The van der Waals surface area contributed by atoms with Gasteiger partial charge in [-0.1, -0.05) is 30.3 Å². The summed E-state index contributed by atoms with van der Waals surface area (Å²) in [5, 5.41) is 0. The van der Waals surface area contributed by atoms with Crippen LogP contribution in [0.2, 0.25) is 0 Å². The Morgan fingerprint density at radius 1 is 1.12 bits per heavy atom. The van der Waals surface area contributed by atoms with E-state index in [4.69, 9.17) is 10.5 Å². The molecule has 138 valence electrons. The molecule has 7 heteroatoms. The number of methoxy groups -OCH3 is 1. The molecule has 0 saturated heterocycles. The topological polar surface area (TPSA) is 72.6 Å². The van der Waals surface area contributed by atoms with Crippen molar-refractivity contribution in [1.82, 2.24) is 4.31 Å². The number of nitrogens with zero attached hydrogens (tertiary/aromatic N) is 1. The number of halogens is 1. The molecule has 0 unspecified atom stereocenters. The summed E-state index contributed by atoms with van der Waals surface area (Å²) in [5.41, 5.74) is 7.20. The predicted octanol–water partition coefficient (Wildman–Crippen LogP) is 2.97. The number of rotatable bonds is 8. The third-order valence-corrected chi connectivity index (χ3v) is 5.82. The van der Waals surface area contributed by atoms with Crippen molar-refractivity contribution in [3.8, 4) is 5.75 Å². The van der Waals surface area contributed by atoms with E-state index in [1.165, 1.54) is 4.31 Å². The molecule has 0 bridgehead atoms. The SMILES string of the molecule is COc1ccc(S(=O)(=O)N(CCCN)Cc2ccccc2)c(C)c1.Cl. The summed E-state index contributed by atoms with van der Waals surface area (Å²) in [7, 11) is -2.04. The van der Waals surface area contributed by atoms with E-state index in [0.29, 0.717) is 42.3 Å². The Morgan fingerprint density at radius 2 is 1.80 bits per heavy atom. The van der Waals surface area contributed by atoms with E-state index in [1.54, 1.807) is 32.2 Å². The second-order valence-electron chi connectivity index (χ2n) is 5.60. The van der Waals surface area contributed by atoms with Crippen LogP contribution < -0.4 is 10.5 Å². The lowest BCUT2D eigenvalue weighted by Gasteiger charge is -2.23. The van der Waals surface area contributed by atoms with Gasteiger partial charge in [-0.3, -0.25) is 0 Å². The molecule has 0 amide bonds. The molecule has 0 atom stereocenters. The van der Waals surface area contributed by atoms with E-state index in [1.807, 2.05) is 30.3 Å². The number of aryl methyl sites for hydroxylation is 1. The van der Waals surface area contributed by atoms with Crippen molar-refractivity contribution in [2.24, 2.45) is 5.73 Å². The van der Waals surface area contributed by atoms with Crippen LogP contribution in [0, 0.1) is 6.92 Å². The van der Waals surface area contributed by atoms with E-state index in [-0.39, 0.29) is 12.4 Å². The molecule has 0 aliphatic rings. The molecule has 0 aliphatic carbocycles. The van der Waals surface area contributed by atoms with Crippen LogP contribution in [-0.2, 0) is 16.6 Å². The lowest BCUT2D eigenvalue weighted by atomic mass is 10.2. The summed E-state index contributed by atoms with van der Waals surface area (Å²) in [4.78, 5) is 0.302. The second kappa shape index (κ2) is 9.77. The number of benzene rings is 2. The fourth-order valence-electron chi connectivity index (χ4n) is 2.52. The van der Waals surface area contributed by atoms with Crippen molar-refractivity contribution >= 4 is 22.4 Å². The smallest absolute Gasteiger partial charge is 0.243 e. The molecule has 0 spiro atoms. The van der Waals surface area contributed by atoms with Crippen molar-refractivity contribution in [2.75, 3.05) is 20.2 Å². The third kappa shape index (κ3) is 5.44. The summed E-state index contributed by atoms with van der Waals surface area (Å²) < 4.78 is 32.9. The molecular formula is C18H25ClN2O3S. The van der Waals surface area contributed by atoms with E-state index >= 15 is 0 Å². The van der Waals surface area contributed by atoms with Crippen LogP contribution in [0.3, 0.4) is 0 Å². The van der Waals surface area contributed by atoms with Crippen molar-refractivity contribution in [3.63, 3.8) is 0 Å². The molecule has 5 nitrogen and oxygen atoms in total. The molecule has 0 aliphatic heterocycles. The van der Waals surface area contributed by atoms with Gasteiger partial charge in [0, 0.05) is 13.1 Å². The molecular weight excluding hydrogens is 360 g/mol. The summed E-state index contributed by atoms with van der Waals surface area (Å²) in [6, 6.07) is 14.6. The van der Waals surface area contributed by atoms with Crippen LogP contribution in [0.5, 0.6) is 5.75 Å². The molecule has 2 N–H and O–H groups in total. The Morgan fingerprint density at radius 3 is 2.36 bits per heavy atom. The average Bonchev–Trinajstić information content (AvgIpc) is 2.58. The zero-order valence-corrected chi connectivity index (χ0v) is 16.1. The van der Waals surface area contributed by atoms with Gasteiger partial charge in [-0.2, -0.15) is 4.31 Å². The van der Waals surface area contributed by atoms with Crippen LogP contribution in [0.15, 0.2) is 53.4 Å². The highest BCUT2D eigenvalue weighted by molar-refractivity contribution is 7.89. The molecule has 2 aromatic carbocycles. The average molecular weight is 385 g/mol. The Kier molecular flexibility index (Phi) is 8.38. The molecule has 0 fully saturated rings. The van der Waals surface area contributed by atoms with Crippen molar-refractivity contribution in [2.45, 2.75) is 24.8 Å². The first kappa shape index (κ1) is 21.4. The van der Waals surface area contributed by atoms with Gasteiger partial charge >= 0.3 is 0 Å². The summed E-state index contributed by atoms with van der Waals surface area (Å²) in [5.74, 6) is 0.642. The lowest BCUT2D eigenvalue weighted by Crippen LogP contribution is -2.33. The van der Waals surface area contributed by atoms with Gasteiger partial charge in [0.25, 0.3) is 0 Å². The molecule has 2 rings (SSSR count). The Hall–Kier alpha value is -1.60. The molecule has 0 saturated carbocycles. The second-order valence-corrected chi connectivity index (χ2v) is 7.50. The minimum Gasteiger partial charge on any atom is -0.497 e. The van der Waals surface area contributed by atoms with Crippen LogP contribution >= 0.6 is 12.4 Å². The maximum Gasteiger partial charge on any atom is 0.243 e. The van der Waals surface area contributed by atoms with Gasteiger partial charge in [0.05, 0.1) is 12.0 Å².